The Morgan fingerprint density at radius 2 is 2.12 bits per heavy atom. The first-order valence-electron chi connectivity index (χ1n) is 6.19. The van der Waals surface area contributed by atoms with Crippen molar-refractivity contribution in [2.75, 3.05) is 13.2 Å². The molecule has 16 heavy (non-hydrogen) atoms. The van der Waals surface area contributed by atoms with Gasteiger partial charge in [0.05, 0.1) is 29.9 Å². The van der Waals surface area contributed by atoms with Crippen molar-refractivity contribution in [3.05, 3.63) is 17.5 Å². The van der Waals surface area contributed by atoms with E-state index in [1.54, 1.807) is 0 Å². The Labute approximate surface area is 96.8 Å². The number of hydrogen-bond acceptors (Lipinski definition) is 2. The highest BCUT2D eigenvalue weighted by molar-refractivity contribution is 5.32. The molecule has 0 atom stereocenters. The Bertz CT molecular complexity index is 410. The van der Waals surface area contributed by atoms with Crippen LogP contribution < -0.4 is 0 Å². The lowest BCUT2D eigenvalue weighted by atomic mass is 9.72. The molecule has 1 aliphatic carbocycles. The Morgan fingerprint density at radius 3 is 2.69 bits per heavy atom. The molecule has 1 saturated heterocycles. The number of aromatic nitrogens is 2. The van der Waals surface area contributed by atoms with Gasteiger partial charge in [0.15, 0.2) is 0 Å². The molecule has 2 aliphatic rings. The second kappa shape index (κ2) is 3.10. The van der Waals surface area contributed by atoms with Crippen LogP contribution >= 0.6 is 0 Å². The molecule has 1 aromatic rings. The van der Waals surface area contributed by atoms with Gasteiger partial charge in [0, 0.05) is 6.20 Å². The monoisotopic (exact) mass is 220 g/mol. The number of aryl methyl sites for hydroxylation is 1. The van der Waals surface area contributed by atoms with Gasteiger partial charge in [-0.25, -0.2) is 0 Å². The van der Waals surface area contributed by atoms with Gasteiger partial charge in [-0.15, -0.1) is 0 Å². The average Bonchev–Trinajstić information content (AvgIpc) is 2.57. The lowest BCUT2D eigenvalue weighted by Crippen LogP contribution is -2.49. The van der Waals surface area contributed by atoms with Crippen molar-refractivity contribution in [1.82, 2.24) is 9.78 Å². The molecule has 0 radical (unpaired) electrons. The maximum atomic E-state index is 5.42. The Kier molecular flexibility index (Phi) is 2.00. The molecular weight excluding hydrogens is 200 g/mol. The molecule has 0 bridgehead atoms. The van der Waals surface area contributed by atoms with Gasteiger partial charge in [0.2, 0.25) is 0 Å². The minimum Gasteiger partial charge on any atom is -0.379 e. The third-order valence-electron chi connectivity index (χ3n) is 3.84. The van der Waals surface area contributed by atoms with Gasteiger partial charge in [0.1, 0.15) is 0 Å². The highest BCUT2D eigenvalue weighted by atomic mass is 16.5. The van der Waals surface area contributed by atoms with E-state index < -0.39 is 0 Å². The number of rotatable bonds is 0. The van der Waals surface area contributed by atoms with E-state index in [0.29, 0.717) is 0 Å². The Hall–Kier alpha value is -0.830. The smallest absolute Gasteiger partial charge is 0.0764 e. The third-order valence-corrected chi connectivity index (χ3v) is 3.84. The minimum atomic E-state index is 0.0864. The summed E-state index contributed by atoms with van der Waals surface area (Å²) in [6.45, 7) is 8.36. The molecule has 0 N–H and O–H groups in total. The molecule has 0 aromatic carbocycles. The van der Waals surface area contributed by atoms with Gasteiger partial charge < -0.3 is 4.74 Å². The van der Waals surface area contributed by atoms with Crippen LogP contribution in [0.2, 0.25) is 0 Å². The van der Waals surface area contributed by atoms with Crippen LogP contribution in [-0.4, -0.2) is 23.0 Å². The normalized spacial score (nSPS) is 22.9. The number of ether oxygens (including phenoxy) is 1. The van der Waals surface area contributed by atoms with E-state index in [2.05, 4.69) is 31.6 Å². The van der Waals surface area contributed by atoms with Crippen LogP contribution in [0.4, 0.5) is 0 Å². The second-order valence-electron chi connectivity index (χ2n) is 6.25. The summed E-state index contributed by atoms with van der Waals surface area (Å²) in [6, 6.07) is 0. The quantitative estimate of drug-likeness (QED) is 0.670. The van der Waals surface area contributed by atoms with E-state index in [4.69, 9.17) is 9.84 Å². The van der Waals surface area contributed by atoms with Crippen molar-refractivity contribution in [2.45, 2.75) is 51.0 Å². The summed E-state index contributed by atoms with van der Waals surface area (Å²) in [5.74, 6) is 0. The molecule has 1 aliphatic heterocycles. The van der Waals surface area contributed by atoms with Gasteiger partial charge in [-0.3, -0.25) is 4.68 Å². The molecule has 1 aromatic heterocycles. The first-order chi connectivity index (χ1) is 7.51. The van der Waals surface area contributed by atoms with E-state index >= 15 is 0 Å². The van der Waals surface area contributed by atoms with E-state index in [1.165, 1.54) is 30.5 Å². The third kappa shape index (κ3) is 1.34. The predicted molar refractivity (Wildman–Crippen MR) is 62.7 cm³/mol. The minimum absolute atomic E-state index is 0.0864. The topological polar surface area (TPSA) is 27.1 Å². The van der Waals surface area contributed by atoms with Crippen molar-refractivity contribution < 1.29 is 4.74 Å². The maximum absolute atomic E-state index is 5.42. The van der Waals surface area contributed by atoms with Crippen LogP contribution in [0.3, 0.4) is 0 Å². The lowest BCUT2D eigenvalue weighted by Gasteiger charge is -2.43. The van der Waals surface area contributed by atoms with Gasteiger partial charge in [0.25, 0.3) is 0 Å². The summed E-state index contributed by atoms with van der Waals surface area (Å²) in [5.41, 5.74) is 3.12. The van der Waals surface area contributed by atoms with Gasteiger partial charge in [-0.2, -0.15) is 5.10 Å². The van der Waals surface area contributed by atoms with Crippen molar-refractivity contribution >= 4 is 0 Å². The van der Waals surface area contributed by atoms with E-state index in [-0.39, 0.29) is 11.0 Å². The van der Waals surface area contributed by atoms with Gasteiger partial charge >= 0.3 is 0 Å². The largest absolute Gasteiger partial charge is 0.379 e. The average molecular weight is 220 g/mol. The molecule has 2 heterocycles. The molecule has 0 amide bonds. The number of hydrogen-bond donors (Lipinski definition) is 0. The maximum Gasteiger partial charge on any atom is 0.0764 e. The standard InChI is InChI=1S/C13H20N2O/c1-12(2,3)15-7-10-5-4-6-13(8-16-9-13)11(10)14-15/h7H,4-6,8-9H2,1-3H3. The second-order valence-corrected chi connectivity index (χ2v) is 6.25. The molecule has 0 unspecified atom stereocenters. The molecule has 3 heteroatoms. The predicted octanol–water partition coefficient (Wildman–Crippen LogP) is 2.24. The van der Waals surface area contributed by atoms with Crippen LogP contribution in [0.15, 0.2) is 6.20 Å². The van der Waals surface area contributed by atoms with E-state index in [0.717, 1.165) is 13.2 Å². The first kappa shape index (κ1) is 10.3. The Morgan fingerprint density at radius 1 is 1.38 bits per heavy atom. The molecule has 0 saturated carbocycles. The fourth-order valence-electron chi connectivity index (χ4n) is 2.75. The molecule has 3 nitrogen and oxygen atoms in total. The summed E-state index contributed by atoms with van der Waals surface area (Å²) < 4.78 is 7.55. The molecule has 1 fully saturated rings. The zero-order valence-corrected chi connectivity index (χ0v) is 10.4. The molecule has 1 spiro atoms. The summed E-state index contributed by atoms with van der Waals surface area (Å²) in [4.78, 5) is 0. The van der Waals surface area contributed by atoms with Crippen molar-refractivity contribution in [1.29, 1.82) is 0 Å². The summed E-state index contributed by atoms with van der Waals surface area (Å²) in [6.07, 6.45) is 5.97. The van der Waals surface area contributed by atoms with Crippen LogP contribution in [0.1, 0.15) is 44.9 Å². The zero-order valence-electron chi connectivity index (χ0n) is 10.4. The van der Waals surface area contributed by atoms with E-state index in [1.807, 2.05) is 0 Å². The van der Waals surface area contributed by atoms with E-state index in [9.17, 15) is 0 Å². The van der Waals surface area contributed by atoms with Gasteiger partial charge in [-0.05, 0) is 45.6 Å². The number of nitrogens with zero attached hydrogens (tertiary/aromatic N) is 2. The fraction of sp³-hybridized carbons (Fsp3) is 0.769. The zero-order chi connectivity index (χ0) is 11.4. The molecule has 88 valence electrons. The summed E-state index contributed by atoms with van der Waals surface area (Å²) >= 11 is 0. The summed E-state index contributed by atoms with van der Waals surface area (Å²) in [5, 5.41) is 4.83. The fourth-order valence-corrected chi connectivity index (χ4v) is 2.75. The van der Waals surface area contributed by atoms with Crippen molar-refractivity contribution in [3.63, 3.8) is 0 Å². The summed E-state index contributed by atoms with van der Waals surface area (Å²) in [7, 11) is 0. The highest BCUT2D eigenvalue weighted by Crippen LogP contribution is 2.42. The highest BCUT2D eigenvalue weighted by Gasteiger charge is 2.45. The van der Waals surface area contributed by atoms with Crippen molar-refractivity contribution in [3.8, 4) is 0 Å². The van der Waals surface area contributed by atoms with Gasteiger partial charge in [-0.1, -0.05) is 0 Å². The Balaban J connectivity index is 2.05. The van der Waals surface area contributed by atoms with Crippen LogP contribution in [0.25, 0.3) is 0 Å². The molecule has 3 rings (SSSR count). The first-order valence-corrected chi connectivity index (χ1v) is 6.19. The van der Waals surface area contributed by atoms with Crippen LogP contribution in [-0.2, 0) is 22.1 Å². The van der Waals surface area contributed by atoms with Crippen LogP contribution in [0, 0.1) is 0 Å². The van der Waals surface area contributed by atoms with Crippen molar-refractivity contribution in [2.24, 2.45) is 0 Å². The lowest BCUT2D eigenvalue weighted by molar-refractivity contribution is -0.0707. The SMILES string of the molecule is CC(C)(C)n1cc2c(n1)C1(CCC2)COC1. The number of fused-ring (bicyclic) bond motifs is 2. The van der Waals surface area contributed by atoms with Crippen LogP contribution in [0.5, 0.6) is 0 Å². The molecular formula is C13H20N2O.